The van der Waals surface area contributed by atoms with Gasteiger partial charge in [0.1, 0.15) is 11.2 Å². The Hall–Kier alpha value is -3.73. The van der Waals surface area contributed by atoms with Crippen molar-refractivity contribution >= 4 is 28.2 Å². The predicted molar refractivity (Wildman–Crippen MR) is 148 cm³/mol. The summed E-state index contributed by atoms with van der Waals surface area (Å²) in [5.74, 6) is 0.224. The normalized spacial score (nSPS) is 12.6. The highest BCUT2D eigenvalue weighted by atomic mass is 32.1. The summed E-state index contributed by atoms with van der Waals surface area (Å²) in [6.45, 7) is 1.70. The van der Waals surface area contributed by atoms with Crippen LogP contribution in [0.5, 0.6) is 0 Å². The minimum absolute atomic E-state index is 0.187. The number of hydrogen-bond donors (Lipinski definition) is 4. The molecule has 0 radical (unpaired) electrons. The number of aliphatic hydroxyl groups excluding tert-OH is 2. The van der Waals surface area contributed by atoms with Gasteiger partial charge in [-0.15, -0.1) is 15.3 Å². The van der Waals surface area contributed by atoms with Crippen molar-refractivity contribution in [3.63, 3.8) is 0 Å². The maximum atomic E-state index is 12.4. The van der Waals surface area contributed by atoms with Gasteiger partial charge < -0.3 is 20.8 Å². The number of rotatable bonds is 13. The zero-order valence-corrected chi connectivity index (χ0v) is 22.1. The molecule has 0 aliphatic carbocycles. The fraction of sp³-hybridized carbons (Fsp3) is 0.321. The predicted octanol–water partition coefficient (Wildman–Crippen LogP) is 4.10. The first kappa shape index (κ1) is 27.3. The average molecular weight is 533 g/mol. The number of unbranched alkanes of at least 4 members (excludes halogenated alkanes) is 1. The van der Waals surface area contributed by atoms with E-state index in [0.717, 1.165) is 53.1 Å². The zero-order chi connectivity index (χ0) is 26.7. The third-order valence-electron chi connectivity index (χ3n) is 5.89. The van der Waals surface area contributed by atoms with Gasteiger partial charge in [0, 0.05) is 12.8 Å². The molecule has 2 atom stereocenters. The van der Waals surface area contributed by atoms with E-state index in [0.29, 0.717) is 17.4 Å². The Morgan fingerprint density at radius 1 is 0.895 bits per heavy atom. The minimum atomic E-state index is -0.717. The first-order valence-electron chi connectivity index (χ1n) is 12.6. The van der Waals surface area contributed by atoms with Crippen LogP contribution < -0.4 is 10.6 Å². The molecule has 9 nitrogen and oxygen atoms in total. The molecular weight excluding hydrogens is 500 g/mol. The van der Waals surface area contributed by atoms with Gasteiger partial charge in [-0.25, -0.2) is 0 Å². The summed E-state index contributed by atoms with van der Waals surface area (Å²) in [5, 5.41) is 44.0. The van der Waals surface area contributed by atoms with E-state index in [9.17, 15) is 15.0 Å². The zero-order valence-electron chi connectivity index (χ0n) is 21.2. The van der Waals surface area contributed by atoms with Crippen molar-refractivity contribution in [3.8, 4) is 0 Å². The van der Waals surface area contributed by atoms with Crippen molar-refractivity contribution in [2.24, 2.45) is 0 Å². The van der Waals surface area contributed by atoms with Crippen LogP contribution in [0.1, 0.15) is 53.3 Å². The number of carbonyl (C=O) groups excluding carboxylic acids is 1. The molecule has 10 heteroatoms. The van der Waals surface area contributed by atoms with Gasteiger partial charge >= 0.3 is 0 Å². The highest BCUT2D eigenvalue weighted by Crippen LogP contribution is 2.19. The number of aromatic nitrogens is 4. The molecule has 1 amide bonds. The summed E-state index contributed by atoms with van der Waals surface area (Å²) >= 11 is 1.45. The highest BCUT2D eigenvalue weighted by molar-refractivity contribution is 7.15. The molecule has 4 aromatic rings. The summed E-state index contributed by atoms with van der Waals surface area (Å²) in [7, 11) is 0. The van der Waals surface area contributed by atoms with E-state index < -0.39 is 12.3 Å². The smallest absolute Gasteiger partial charge is 0.229 e. The molecule has 0 spiro atoms. The summed E-state index contributed by atoms with van der Waals surface area (Å²) in [6, 6.07) is 20.8. The fourth-order valence-electron chi connectivity index (χ4n) is 3.92. The summed E-state index contributed by atoms with van der Waals surface area (Å²) in [4.78, 5) is 12.4. The highest BCUT2D eigenvalue weighted by Gasteiger charge is 2.11. The third kappa shape index (κ3) is 8.69. The molecule has 2 aromatic carbocycles. The van der Waals surface area contributed by atoms with Crippen LogP contribution in [-0.2, 0) is 30.5 Å². The van der Waals surface area contributed by atoms with Crippen LogP contribution in [0.25, 0.3) is 0 Å². The Balaban J connectivity index is 1.15. The third-order valence-corrected chi connectivity index (χ3v) is 6.80. The van der Waals surface area contributed by atoms with Gasteiger partial charge in [0.05, 0.1) is 18.2 Å². The van der Waals surface area contributed by atoms with Crippen LogP contribution in [-0.4, -0.2) is 42.7 Å². The number of nitrogens with one attached hydrogen (secondary N) is 2. The van der Waals surface area contributed by atoms with E-state index in [1.165, 1.54) is 11.3 Å². The van der Waals surface area contributed by atoms with Gasteiger partial charge in [0.15, 0.2) is 5.82 Å². The van der Waals surface area contributed by atoms with Crippen molar-refractivity contribution < 1.29 is 15.0 Å². The van der Waals surface area contributed by atoms with E-state index in [1.807, 2.05) is 60.7 Å². The SMILES string of the molecule is CC(O)c1cccc(CC(=O)Nc2ccc(CCCCc3nnc(NC(O)Cc4ccccc4)s3)nn2)c1. The lowest BCUT2D eigenvalue weighted by Gasteiger charge is -2.11. The van der Waals surface area contributed by atoms with Gasteiger partial charge in [-0.3, -0.25) is 4.79 Å². The van der Waals surface area contributed by atoms with Crippen molar-refractivity contribution in [2.45, 2.75) is 57.8 Å². The maximum absolute atomic E-state index is 12.4. The van der Waals surface area contributed by atoms with Crippen LogP contribution in [0.15, 0.2) is 66.7 Å². The second-order valence-corrected chi connectivity index (χ2v) is 10.2. The van der Waals surface area contributed by atoms with Gasteiger partial charge in [-0.1, -0.05) is 65.9 Å². The fourth-order valence-corrected chi connectivity index (χ4v) is 4.75. The van der Waals surface area contributed by atoms with E-state index >= 15 is 0 Å². The van der Waals surface area contributed by atoms with Crippen LogP contribution in [0.4, 0.5) is 10.9 Å². The van der Waals surface area contributed by atoms with Crippen molar-refractivity contribution in [2.75, 3.05) is 10.6 Å². The monoisotopic (exact) mass is 532 g/mol. The Labute approximate surface area is 226 Å². The lowest BCUT2D eigenvalue weighted by Crippen LogP contribution is -2.21. The molecule has 4 rings (SSSR count). The van der Waals surface area contributed by atoms with E-state index in [2.05, 4.69) is 31.0 Å². The molecule has 198 valence electrons. The molecule has 0 aliphatic rings. The first-order valence-corrected chi connectivity index (χ1v) is 13.5. The quantitative estimate of drug-likeness (QED) is 0.149. The first-order chi connectivity index (χ1) is 18.4. The average Bonchev–Trinajstić information content (AvgIpc) is 3.35. The number of aryl methyl sites for hydroxylation is 2. The molecule has 0 bridgehead atoms. The maximum Gasteiger partial charge on any atom is 0.229 e. The van der Waals surface area contributed by atoms with Crippen LogP contribution in [0.3, 0.4) is 0 Å². The Kier molecular flexibility index (Phi) is 9.85. The lowest BCUT2D eigenvalue weighted by molar-refractivity contribution is -0.115. The molecule has 2 unspecified atom stereocenters. The molecule has 0 saturated carbocycles. The standard InChI is InChI=1S/C28H32N6O3S/c1-19(35)22-11-7-10-21(16-22)18-25(36)29-24-15-14-23(31-32-24)12-5-6-13-27-33-34-28(38-27)30-26(37)17-20-8-3-2-4-9-20/h2-4,7-11,14-16,19,26,35,37H,5-6,12-13,17-18H2,1H3,(H,30,34)(H,29,32,36). The molecule has 0 aliphatic heterocycles. The lowest BCUT2D eigenvalue weighted by atomic mass is 10.0. The van der Waals surface area contributed by atoms with Crippen LogP contribution in [0, 0.1) is 0 Å². The molecule has 38 heavy (non-hydrogen) atoms. The van der Waals surface area contributed by atoms with Crippen molar-refractivity contribution in [1.29, 1.82) is 0 Å². The number of aliphatic hydroxyl groups is 2. The van der Waals surface area contributed by atoms with E-state index in [1.54, 1.807) is 13.0 Å². The van der Waals surface area contributed by atoms with Gasteiger partial charge in [0.25, 0.3) is 0 Å². The van der Waals surface area contributed by atoms with Crippen molar-refractivity contribution in [1.82, 2.24) is 20.4 Å². The molecule has 2 heterocycles. The molecule has 0 fully saturated rings. The van der Waals surface area contributed by atoms with Gasteiger partial charge in [-0.2, -0.15) is 5.10 Å². The van der Waals surface area contributed by atoms with Gasteiger partial charge in [-0.05, 0) is 55.0 Å². The summed E-state index contributed by atoms with van der Waals surface area (Å²) in [5.41, 5.74) is 3.51. The van der Waals surface area contributed by atoms with E-state index in [-0.39, 0.29) is 12.3 Å². The Bertz CT molecular complexity index is 1300. The van der Waals surface area contributed by atoms with Gasteiger partial charge in [0.2, 0.25) is 11.0 Å². The Morgan fingerprint density at radius 2 is 1.68 bits per heavy atom. The largest absolute Gasteiger partial charge is 0.389 e. The number of benzene rings is 2. The van der Waals surface area contributed by atoms with Crippen molar-refractivity contribution in [3.05, 3.63) is 94.1 Å². The second kappa shape index (κ2) is 13.7. The topological polar surface area (TPSA) is 133 Å². The number of hydrogen-bond acceptors (Lipinski definition) is 9. The molecular formula is C28H32N6O3S. The second-order valence-electron chi connectivity index (χ2n) is 9.11. The molecule has 4 N–H and O–H groups in total. The summed E-state index contributed by atoms with van der Waals surface area (Å²) in [6.07, 6.45) is 2.81. The molecule has 0 saturated heterocycles. The van der Waals surface area contributed by atoms with E-state index in [4.69, 9.17) is 0 Å². The van der Waals surface area contributed by atoms with Crippen LogP contribution in [0.2, 0.25) is 0 Å². The number of anilines is 2. The minimum Gasteiger partial charge on any atom is -0.389 e. The number of nitrogens with zero attached hydrogens (tertiary/aromatic N) is 4. The number of amides is 1. The summed E-state index contributed by atoms with van der Waals surface area (Å²) < 4.78 is 0. The van der Waals surface area contributed by atoms with Crippen LogP contribution >= 0.6 is 11.3 Å². The Morgan fingerprint density at radius 3 is 2.45 bits per heavy atom. The molecule has 2 aromatic heterocycles. The number of carbonyl (C=O) groups is 1.